The molecular weight excluding hydrogens is 382 g/mol. The predicted molar refractivity (Wildman–Crippen MR) is 110 cm³/mol. The van der Waals surface area contributed by atoms with Crippen molar-refractivity contribution in [2.45, 2.75) is 25.7 Å². The van der Waals surface area contributed by atoms with Crippen LogP contribution in [-0.2, 0) is 0 Å². The molecule has 0 atom stereocenters. The minimum Gasteiger partial charge on any atom is -0.320 e. The van der Waals surface area contributed by atoms with Gasteiger partial charge in [-0.05, 0) is 29.7 Å². The van der Waals surface area contributed by atoms with Crippen molar-refractivity contribution in [3.63, 3.8) is 0 Å². The first-order chi connectivity index (χ1) is 11.4. The zero-order valence-corrected chi connectivity index (χ0v) is 15.9. The van der Waals surface area contributed by atoms with E-state index in [2.05, 4.69) is 58.2 Å². The molecule has 1 N–H and O–H groups in total. The molecular formula is C19H20BrN3S. The average molecular weight is 402 g/mol. The number of halogens is 1. The molecule has 1 aliphatic rings. The van der Waals surface area contributed by atoms with E-state index in [9.17, 15) is 0 Å². The van der Waals surface area contributed by atoms with E-state index >= 15 is 0 Å². The van der Waals surface area contributed by atoms with Crippen LogP contribution in [0.2, 0.25) is 0 Å². The van der Waals surface area contributed by atoms with Crippen molar-refractivity contribution < 1.29 is 0 Å². The topological polar surface area (TPSA) is 37.3 Å². The fraction of sp³-hybridized carbons (Fsp3) is 0.263. The zero-order chi connectivity index (χ0) is 15.5. The number of rotatable bonds is 2. The summed E-state index contributed by atoms with van der Waals surface area (Å²) in [5, 5.41) is 8.97. The molecule has 1 aromatic heterocycles. The molecule has 3 aromatic rings. The van der Waals surface area contributed by atoms with Crippen molar-refractivity contribution in [2.24, 2.45) is 4.99 Å². The molecule has 1 aliphatic heterocycles. The van der Waals surface area contributed by atoms with Gasteiger partial charge in [-0.15, -0.1) is 28.3 Å². The highest BCUT2D eigenvalue weighted by atomic mass is 79.9. The maximum Gasteiger partial charge on any atom is 0.188 e. The molecule has 0 bridgehead atoms. The Balaban J connectivity index is 0.00000169. The first kappa shape index (κ1) is 17.1. The molecule has 3 nitrogen and oxygen atoms in total. The number of aliphatic imine (C=N–C) groups is 1. The minimum absolute atomic E-state index is 0. The van der Waals surface area contributed by atoms with E-state index in [0.717, 1.165) is 35.2 Å². The second-order valence-corrected chi connectivity index (χ2v) is 6.72. The highest BCUT2D eigenvalue weighted by Crippen LogP contribution is 2.28. The van der Waals surface area contributed by atoms with Crippen LogP contribution in [0.15, 0.2) is 52.8 Å². The van der Waals surface area contributed by atoms with Crippen LogP contribution in [0.1, 0.15) is 25.7 Å². The number of fused-ring (bicyclic) bond motifs is 1. The molecule has 0 amide bonds. The molecule has 0 saturated heterocycles. The van der Waals surface area contributed by atoms with E-state index in [4.69, 9.17) is 4.98 Å². The molecule has 5 heteroatoms. The van der Waals surface area contributed by atoms with Crippen LogP contribution < -0.4 is 5.32 Å². The number of benzene rings is 2. The summed E-state index contributed by atoms with van der Waals surface area (Å²) in [5.74, 6) is 1.09. The van der Waals surface area contributed by atoms with E-state index in [-0.39, 0.29) is 17.0 Å². The van der Waals surface area contributed by atoms with Gasteiger partial charge in [0, 0.05) is 23.9 Å². The Hall–Kier alpha value is -1.72. The quantitative estimate of drug-likeness (QED) is 0.577. The minimum atomic E-state index is 0. The summed E-state index contributed by atoms with van der Waals surface area (Å²) in [4.78, 5) is 9.35. The lowest BCUT2D eigenvalue weighted by atomic mass is 10.1. The maximum atomic E-state index is 4.74. The Kier molecular flexibility index (Phi) is 5.63. The van der Waals surface area contributed by atoms with Gasteiger partial charge in [0.1, 0.15) is 5.84 Å². The van der Waals surface area contributed by atoms with Gasteiger partial charge in [-0.2, -0.15) is 0 Å². The first-order valence-electron chi connectivity index (χ1n) is 8.13. The van der Waals surface area contributed by atoms with Crippen molar-refractivity contribution >= 4 is 50.1 Å². The van der Waals surface area contributed by atoms with Crippen LogP contribution in [0.3, 0.4) is 0 Å². The number of amidine groups is 1. The standard InChI is InChI=1S/C19H19N3S.BrH/c1-2-8-18(20-11-5-1)22-19-21-17(13-23-19)16-10-9-14-6-3-4-7-15(14)12-16;/h3-4,6-7,9-10,12-13H,1-2,5,8,11H2,(H,20,21,22);1H. The Morgan fingerprint density at radius 1 is 0.958 bits per heavy atom. The summed E-state index contributed by atoms with van der Waals surface area (Å²) >= 11 is 1.65. The van der Waals surface area contributed by atoms with Gasteiger partial charge in [0.15, 0.2) is 5.13 Å². The van der Waals surface area contributed by atoms with Crippen LogP contribution in [0, 0.1) is 0 Å². The summed E-state index contributed by atoms with van der Waals surface area (Å²) in [6, 6.07) is 14.9. The molecule has 0 radical (unpaired) electrons. The summed E-state index contributed by atoms with van der Waals surface area (Å²) < 4.78 is 0. The van der Waals surface area contributed by atoms with Crippen molar-refractivity contribution in [3.8, 4) is 11.3 Å². The van der Waals surface area contributed by atoms with Gasteiger partial charge in [0.25, 0.3) is 0 Å². The number of nitrogens with one attached hydrogen (secondary N) is 1. The predicted octanol–water partition coefficient (Wildman–Crippen LogP) is 5.93. The summed E-state index contributed by atoms with van der Waals surface area (Å²) in [5.41, 5.74) is 2.19. The van der Waals surface area contributed by atoms with E-state index in [1.807, 2.05) is 0 Å². The zero-order valence-electron chi connectivity index (χ0n) is 13.4. The van der Waals surface area contributed by atoms with Crippen LogP contribution >= 0.6 is 28.3 Å². The van der Waals surface area contributed by atoms with Crippen molar-refractivity contribution in [3.05, 3.63) is 47.8 Å². The lowest BCUT2D eigenvalue weighted by Crippen LogP contribution is -2.11. The third-order valence-corrected chi connectivity index (χ3v) is 4.93. The van der Waals surface area contributed by atoms with E-state index in [1.165, 1.54) is 30.0 Å². The lowest BCUT2D eigenvalue weighted by molar-refractivity contribution is 0.731. The number of thiazole rings is 1. The normalized spacial score (nSPS) is 14.6. The summed E-state index contributed by atoms with van der Waals surface area (Å²) in [6.07, 6.45) is 4.72. The van der Waals surface area contributed by atoms with Gasteiger partial charge >= 0.3 is 0 Å². The molecule has 0 aliphatic carbocycles. The van der Waals surface area contributed by atoms with Crippen molar-refractivity contribution in [1.29, 1.82) is 0 Å². The van der Waals surface area contributed by atoms with Crippen LogP contribution in [0.4, 0.5) is 5.13 Å². The highest BCUT2D eigenvalue weighted by molar-refractivity contribution is 8.93. The second kappa shape index (κ2) is 7.90. The summed E-state index contributed by atoms with van der Waals surface area (Å²) in [7, 11) is 0. The monoisotopic (exact) mass is 401 g/mol. The van der Waals surface area contributed by atoms with Gasteiger partial charge in [0.2, 0.25) is 0 Å². The van der Waals surface area contributed by atoms with Gasteiger partial charge in [0.05, 0.1) is 5.69 Å². The lowest BCUT2D eigenvalue weighted by Gasteiger charge is -2.04. The molecule has 0 unspecified atom stereocenters. The molecule has 0 spiro atoms. The molecule has 24 heavy (non-hydrogen) atoms. The Bertz CT molecular complexity index is 856. The van der Waals surface area contributed by atoms with E-state index in [0.29, 0.717) is 0 Å². The molecule has 2 heterocycles. The van der Waals surface area contributed by atoms with Crippen molar-refractivity contribution in [1.82, 2.24) is 4.98 Å². The fourth-order valence-electron chi connectivity index (χ4n) is 2.91. The molecule has 0 fully saturated rings. The Labute approximate surface area is 156 Å². The largest absolute Gasteiger partial charge is 0.320 e. The number of aromatic nitrogens is 1. The average Bonchev–Trinajstić information content (AvgIpc) is 2.90. The van der Waals surface area contributed by atoms with Gasteiger partial charge in [-0.3, -0.25) is 4.99 Å². The first-order valence-corrected chi connectivity index (χ1v) is 9.01. The third-order valence-electron chi connectivity index (χ3n) is 4.17. The number of nitrogens with zero attached hydrogens (tertiary/aromatic N) is 2. The molecule has 4 rings (SSSR count). The van der Waals surface area contributed by atoms with Gasteiger partial charge in [-0.1, -0.05) is 42.8 Å². The third kappa shape index (κ3) is 3.84. The SMILES string of the molecule is Br.c1ccc2cc(-c3csc(NC4=NCCCCC4)n3)ccc2c1. The Morgan fingerprint density at radius 2 is 1.83 bits per heavy atom. The van der Waals surface area contributed by atoms with Crippen LogP contribution in [-0.4, -0.2) is 17.4 Å². The highest BCUT2D eigenvalue weighted by Gasteiger charge is 2.09. The fourth-order valence-corrected chi connectivity index (χ4v) is 3.65. The molecule has 0 saturated carbocycles. The number of anilines is 1. The van der Waals surface area contributed by atoms with Crippen LogP contribution in [0.5, 0.6) is 0 Å². The van der Waals surface area contributed by atoms with Gasteiger partial charge in [-0.25, -0.2) is 4.98 Å². The second-order valence-electron chi connectivity index (χ2n) is 5.86. The van der Waals surface area contributed by atoms with E-state index in [1.54, 1.807) is 11.3 Å². The smallest absolute Gasteiger partial charge is 0.188 e. The van der Waals surface area contributed by atoms with Crippen molar-refractivity contribution in [2.75, 3.05) is 11.9 Å². The van der Waals surface area contributed by atoms with Gasteiger partial charge < -0.3 is 5.32 Å². The molecule has 2 aromatic carbocycles. The van der Waals surface area contributed by atoms with E-state index < -0.39 is 0 Å². The maximum absolute atomic E-state index is 4.74. The Morgan fingerprint density at radius 3 is 2.75 bits per heavy atom. The number of hydrogen-bond acceptors (Lipinski definition) is 4. The number of hydrogen-bond donors (Lipinski definition) is 1. The summed E-state index contributed by atoms with van der Waals surface area (Å²) in [6.45, 7) is 0.936. The van der Waals surface area contributed by atoms with Crippen LogP contribution in [0.25, 0.3) is 22.0 Å². The molecule has 124 valence electrons.